The lowest BCUT2D eigenvalue weighted by atomic mass is 10.0. The van der Waals surface area contributed by atoms with Gasteiger partial charge in [0.1, 0.15) is 5.75 Å². The zero-order valence-corrected chi connectivity index (χ0v) is 13.1. The SMILES string of the molecule is CCN(Cc1cc(C(C)N)ccc1OC)C1CCCC1. The van der Waals surface area contributed by atoms with Crippen LogP contribution in [0.4, 0.5) is 0 Å². The maximum absolute atomic E-state index is 6.01. The largest absolute Gasteiger partial charge is 0.496 e. The smallest absolute Gasteiger partial charge is 0.123 e. The maximum Gasteiger partial charge on any atom is 0.123 e. The van der Waals surface area contributed by atoms with Crippen molar-refractivity contribution in [3.05, 3.63) is 29.3 Å². The van der Waals surface area contributed by atoms with Crippen molar-refractivity contribution >= 4 is 0 Å². The van der Waals surface area contributed by atoms with E-state index in [-0.39, 0.29) is 6.04 Å². The Bertz CT molecular complexity index is 425. The fourth-order valence-corrected chi connectivity index (χ4v) is 3.19. The number of nitrogens with two attached hydrogens (primary N) is 1. The molecule has 1 atom stereocenters. The molecule has 1 aromatic rings. The van der Waals surface area contributed by atoms with Crippen molar-refractivity contribution in [2.24, 2.45) is 5.73 Å². The number of hydrogen-bond donors (Lipinski definition) is 1. The molecule has 0 radical (unpaired) electrons. The van der Waals surface area contributed by atoms with Crippen LogP contribution in [0, 0.1) is 0 Å². The van der Waals surface area contributed by atoms with Crippen LogP contribution >= 0.6 is 0 Å². The summed E-state index contributed by atoms with van der Waals surface area (Å²) in [5, 5.41) is 0. The molecule has 1 aliphatic carbocycles. The second-order valence-electron chi connectivity index (χ2n) is 5.86. The van der Waals surface area contributed by atoms with Gasteiger partial charge in [-0.2, -0.15) is 0 Å². The van der Waals surface area contributed by atoms with Crippen molar-refractivity contribution in [3.8, 4) is 5.75 Å². The Kier molecular flexibility index (Phi) is 5.44. The van der Waals surface area contributed by atoms with Crippen molar-refractivity contribution in [3.63, 3.8) is 0 Å². The highest BCUT2D eigenvalue weighted by molar-refractivity contribution is 5.38. The molecule has 1 saturated carbocycles. The molecule has 1 unspecified atom stereocenters. The quantitative estimate of drug-likeness (QED) is 0.864. The number of nitrogens with zero attached hydrogens (tertiary/aromatic N) is 1. The standard InChI is InChI=1S/C17H28N2O/c1-4-19(16-7-5-6-8-16)12-15-11-14(13(2)18)9-10-17(15)20-3/h9-11,13,16H,4-8,12,18H2,1-3H3. The average molecular weight is 276 g/mol. The van der Waals surface area contributed by atoms with Crippen LogP contribution < -0.4 is 10.5 Å². The Labute approximate surface area is 123 Å². The average Bonchev–Trinajstić information content (AvgIpc) is 2.98. The van der Waals surface area contributed by atoms with Gasteiger partial charge >= 0.3 is 0 Å². The Morgan fingerprint density at radius 1 is 1.35 bits per heavy atom. The van der Waals surface area contributed by atoms with Gasteiger partial charge in [-0.05, 0) is 44.0 Å². The number of methoxy groups -OCH3 is 1. The number of hydrogen-bond acceptors (Lipinski definition) is 3. The van der Waals surface area contributed by atoms with Crippen molar-refractivity contribution in [1.82, 2.24) is 4.90 Å². The minimum Gasteiger partial charge on any atom is -0.496 e. The van der Waals surface area contributed by atoms with E-state index in [9.17, 15) is 0 Å². The summed E-state index contributed by atoms with van der Waals surface area (Å²) in [5.74, 6) is 0.978. The number of rotatable bonds is 6. The molecule has 3 heteroatoms. The summed E-state index contributed by atoms with van der Waals surface area (Å²) in [4.78, 5) is 2.58. The molecule has 0 heterocycles. The second kappa shape index (κ2) is 7.09. The predicted molar refractivity (Wildman–Crippen MR) is 83.9 cm³/mol. The molecule has 0 spiro atoms. The molecule has 0 aliphatic heterocycles. The van der Waals surface area contributed by atoms with E-state index in [0.29, 0.717) is 0 Å². The third-order valence-electron chi connectivity index (χ3n) is 4.45. The van der Waals surface area contributed by atoms with Gasteiger partial charge in [0, 0.05) is 24.2 Å². The van der Waals surface area contributed by atoms with Crippen LogP contribution in [0.2, 0.25) is 0 Å². The highest BCUT2D eigenvalue weighted by atomic mass is 16.5. The first kappa shape index (κ1) is 15.3. The molecule has 3 nitrogen and oxygen atoms in total. The highest BCUT2D eigenvalue weighted by Crippen LogP contribution is 2.28. The Morgan fingerprint density at radius 3 is 2.60 bits per heavy atom. The molecule has 1 aromatic carbocycles. The fraction of sp³-hybridized carbons (Fsp3) is 0.647. The molecule has 0 bridgehead atoms. The molecule has 2 N–H and O–H groups in total. The van der Waals surface area contributed by atoms with Crippen LogP contribution in [0.3, 0.4) is 0 Å². The molecule has 0 aromatic heterocycles. The zero-order valence-electron chi connectivity index (χ0n) is 13.1. The van der Waals surface area contributed by atoms with Crippen LogP contribution in [-0.2, 0) is 6.54 Å². The van der Waals surface area contributed by atoms with Crippen LogP contribution in [-0.4, -0.2) is 24.6 Å². The van der Waals surface area contributed by atoms with E-state index in [1.807, 2.05) is 6.92 Å². The van der Waals surface area contributed by atoms with Crippen molar-refractivity contribution in [1.29, 1.82) is 0 Å². The highest BCUT2D eigenvalue weighted by Gasteiger charge is 2.22. The van der Waals surface area contributed by atoms with Gasteiger partial charge in [-0.15, -0.1) is 0 Å². The predicted octanol–water partition coefficient (Wildman–Crippen LogP) is 3.48. The van der Waals surface area contributed by atoms with Crippen molar-refractivity contribution in [2.45, 2.75) is 58.2 Å². The lowest BCUT2D eigenvalue weighted by molar-refractivity contribution is 0.198. The van der Waals surface area contributed by atoms with Crippen LogP contribution in [0.25, 0.3) is 0 Å². The van der Waals surface area contributed by atoms with Crippen molar-refractivity contribution in [2.75, 3.05) is 13.7 Å². The summed E-state index contributed by atoms with van der Waals surface area (Å²) >= 11 is 0. The van der Waals surface area contributed by atoms with E-state index in [1.165, 1.54) is 36.8 Å². The molecule has 0 saturated heterocycles. The summed E-state index contributed by atoms with van der Waals surface area (Å²) in [7, 11) is 1.75. The van der Waals surface area contributed by atoms with Gasteiger partial charge in [-0.25, -0.2) is 0 Å². The van der Waals surface area contributed by atoms with Crippen LogP contribution in [0.1, 0.15) is 56.7 Å². The minimum absolute atomic E-state index is 0.0706. The van der Waals surface area contributed by atoms with E-state index in [2.05, 4.69) is 30.0 Å². The van der Waals surface area contributed by atoms with E-state index in [0.717, 1.165) is 24.9 Å². The summed E-state index contributed by atoms with van der Waals surface area (Å²) in [6.45, 7) is 6.33. The lowest BCUT2D eigenvalue weighted by Gasteiger charge is -2.28. The summed E-state index contributed by atoms with van der Waals surface area (Å²) in [5.41, 5.74) is 8.45. The van der Waals surface area contributed by atoms with Gasteiger partial charge < -0.3 is 10.5 Å². The molecule has 0 amide bonds. The zero-order chi connectivity index (χ0) is 14.5. The first-order valence-electron chi connectivity index (χ1n) is 7.82. The number of benzene rings is 1. The van der Waals surface area contributed by atoms with Gasteiger partial charge in [0.25, 0.3) is 0 Å². The first-order valence-corrected chi connectivity index (χ1v) is 7.82. The molecule has 2 rings (SSSR count). The Morgan fingerprint density at radius 2 is 2.05 bits per heavy atom. The van der Waals surface area contributed by atoms with Gasteiger partial charge in [0.05, 0.1) is 7.11 Å². The molecular formula is C17H28N2O. The molecule has 20 heavy (non-hydrogen) atoms. The van der Waals surface area contributed by atoms with Gasteiger partial charge in [-0.1, -0.05) is 25.8 Å². The summed E-state index contributed by atoms with van der Waals surface area (Å²) < 4.78 is 5.52. The minimum atomic E-state index is 0.0706. The third-order valence-corrected chi connectivity index (χ3v) is 4.45. The third kappa shape index (κ3) is 3.53. The number of ether oxygens (including phenoxy) is 1. The Hall–Kier alpha value is -1.06. The lowest BCUT2D eigenvalue weighted by Crippen LogP contribution is -2.32. The Balaban J connectivity index is 2.18. The summed E-state index contributed by atoms with van der Waals surface area (Å²) in [6.07, 6.45) is 5.42. The molecule has 112 valence electrons. The van der Waals surface area contributed by atoms with Gasteiger partial charge in [-0.3, -0.25) is 4.90 Å². The maximum atomic E-state index is 6.01. The normalized spacial score (nSPS) is 17.6. The second-order valence-corrected chi connectivity index (χ2v) is 5.86. The molecule has 1 aliphatic rings. The molecule has 1 fully saturated rings. The molecular weight excluding hydrogens is 248 g/mol. The van der Waals surface area contributed by atoms with Gasteiger partial charge in [0.2, 0.25) is 0 Å². The van der Waals surface area contributed by atoms with Gasteiger partial charge in [0.15, 0.2) is 0 Å². The van der Waals surface area contributed by atoms with E-state index in [4.69, 9.17) is 10.5 Å². The fourth-order valence-electron chi connectivity index (χ4n) is 3.19. The van der Waals surface area contributed by atoms with Crippen molar-refractivity contribution < 1.29 is 4.74 Å². The monoisotopic (exact) mass is 276 g/mol. The van der Waals surface area contributed by atoms with E-state index in [1.54, 1.807) is 7.11 Å². The first-order chi connectivity index (χ1) is 9.65. The topological polar surface area (TPSA) is 38.5 Å². The summed E-state index contributed by atoms with van der Waals surface area (Å²) in [6, 6.07) is 7.14. The van der Waals surface area contributed by atoms with E-state index < -0.39 is 0 Å². The van der Waals surface area contributed by atoms with E-state index >= 15 is 0 Å². The van der Waals surface area contributed by atoms with Crippen LogP contribution in [0.15, 0.2) is 18.2 Å². The van der Waals surface area contributed by atoms with Crippen LogP contribution in [0.5, 0.6) is 5.75 Å².